The first-order chi connectivity index (χ1) is 9.29. The summed E-state index contributed by atoms with van der Waals surface area (Å²) in [6.45, 7) is 2.84. The predicted octanol–water partition coefficient (Wildman–Crippen LogP) is 3.13. The van der Waals surface area contributed by atoms with E-state index in [0.717, 1.165) is 11.1 Å². The highest BCUT2D eigenvalue weighted by atomic mass is 16.5. The summed E-state index contributed by atoms with van der Waals surface area (Å²) in [5, 5.41) is 8.70. The molecular formula is C17H22O2. The average Bonchev–Trinajstić information content (AvgIpc) is 2.45. The molecule has 2 rings (SSSR count). The van der Waals surface area contributed by atoms with E-state index in [1.165, 1.54) is 25.7 Å². The molecule has 0 heterocycles. The molecule has 0 aliphatic heterocycles. The molecule has 19 heavy (non-hydrogen) atoms. The van der Waals surface area contributed by atoms with Gasteiger partial charge in [-0.25, -0.2) is 0 Å². The Kier molecular flexibility index (Phi) is 5.44. The molecular weight excluding hydrogens is 236 g/mol. The van der Waals surface area contributed by atoms with Crippen molar-refractivity contribution in [3.8, 4) is 11.8 Å². The molecule has 0 spiro atoms. The quantitative estimate of drug-likeness (QED) is 0.844. The van der Waals surface area contributed by atoms with Gasteiger partial charge in [0.05, 0.1) is 12.7 Å². The highest BCUT2D eigenvalue weighted by Gasteiger charge is 2.21. The van der Waals surface area contributed by atoms with E-state index in [0.29, 0.717) is 18.6 Å². The molecule has 0 bridgehead atoms. The molecule has 1 N–H and O–H groups in total. The summed E-state index contributed by atoms with van der Waals surface area (Å²) < 4.78 is 6.04. The number of ether oxygens (including phenoxy) is 1. The predicted molar refractivity (Wildman–Crippen MR) is 76.6 cm³/mol. The summed E-state index contributed by atoms with van der Waals surface area (Å²) in [5.41, 5.74) is 2.09. The molecule has 0 amide bonds. The Morgan fingerprint density at radius 3 is 2.95 bits per heavy atom. The van der Waals surface area contributed by atoms with Gasteiger partial charge in [-0.15, -0.1) is 0 Å². The molecule has 0 radical (unpaired) electrons. The van der Waals surface area contributed by atoms with E-state index >= 15 is 0 Å². The molecule has 102 valence electrons. The molecule has 0 aromatic heterocycles. The standard InChI is InChI=1S/C17H22O2/c1-14-6-2-3-10-17(14)19-13-16-8-4-7-15(12-16)9-5-11-18/h4,7-8,12,14,17-18H,2-3,6,10-11,13H2,1H3. The summed E-state index contributed by atoms with van der Waals surface area (Å²) in [5.74, 6) is 6.27. The molecule has 1 saturated carbocycles. The molecule has 1 aliphatic carbocycles. The van der Waals surface area contributed by atoms with Crippen molar-refractivity contribution in [3.05, 3.63) is 35.4 Å². The van der Waals surface area contributed by atoms with Crippen LogP contribution in [0, 0.1) is 17.8 Å². The van der Waals surface area contributed by atoms with Crippen LogP contribution in [-0.4, -0.2) is 17.8 Å². The zero-order valence-electron chi connectivity index (χ0n) is 11.6. The van der Waals surface area contributed by atoms with Crippen molar-refractivity contribution in [1.82, 2.24) is 0 Å². The van der Waals surface area contributed by atoms with Crippen molar-refractivity contribution in [3.63, 3.8) is 0 Å². The van der Waals surface area contributed by atoms with Crippen molar-refractivity contribution in [2.75, 3.05) is 6.61 Å². The Labute approximate surface area is 115 Å². The Balaban J connectivity index is 1.91. The third kappa shape index (κ3) is 4.38. The zero-order valence-corrected chi connectivity index (χ0v) is 11.6. The van der Waals surface area contributed by atoms with E-state index in [1.807, 2.05) is 18.2 Å². The van der Waals surface area contributed by atoms with Crippen LogP contribution in [-0.2, 0) is 11.3 Å². The van der Waals surface area contributed by atoms with Gasteiger partial charge in [0, 0.05) is 5.56 Å². The highest BCUT2D eigenvalue weighted by molar-refractivity contribution is 5.36. The van der Waals surface area contributed by atoms with Crippen LogP contribution in [0.3, 0.4) is 0 Å². The number of hydrogen-bond acceptors (Lipinski definition) is 2. The van der Waals surface area contributed by atoms with E-state index in [1.54, 1.807) is 0 Å². The van der Waals surface area contributed by atoms with E-state index in [2.05, 4.69) is 24.8 Å². The van der Waals surface area contributed by atoms with Gasteiger partial charge in [0.2, 0.25) is 0 Å². The lowest BCUT2D eigenvalue weighted by atomic mass is 9.88. The fraction of sp³-hybridized carbons (Fsp3) is 0.529. The first kappa shape index (κ1) is 14.1. The van der Waals surface area contributed by atoms with Gasteiger partial charge < -0.3 is 9.84 Å². The maximum absolute atomic E-state index is 8.70. The molecule has 1 aromatic rings. The Hall–Kier alpha value is -1.30. The van der Waals surface area contributed by atoms with E-state index in [-0.39, 0.29) is 6.61 Å². The molecule has 2 heteroatoms. The minimum atomic E-state index is -0.0969. The Morgan fingerprint density at radius 1 is 1.32 bits per heavy atom. The topological polar surface area (TPSA) is 29.5 Å². The van der Waals surface area contributed by atoms with E-state index in [4.69, 9.17) is 9.84 Å². The number of hydrogen-bond donors (Lipinski definition) is 1. The van der Waals surface area contributed by atoms with Crippen molar-refractivity contribution in [2.24, 2.45) is 5.92 Å². The third-order valence-corrected chi connectivity index (χ3v) is 3.74. The number of benzene rings is 1. The van der Waals surface area contributed by atoms with Crippen LogP contribution < -0.4 is 0 Å². The Morgan fingerprint density at radius 2 is 2.16 bits per heavy atom. The van der Waals surface area contributed by atoms with Gasteiger partial charge in [0.1, 0.15) is 6.61 Å². The zero-order chi connectivity index (χ0) is 13.5. The van der Waals surface area contributed by atoms with Crippen LogP contribution in [0.25, 0.3) is 0 Å². The van der Waals surface area contributed by atoms with Crippen LogP contribution in [0.15, 0.2) is 24.3 Å². The van der Waals surface area contributed by atoms with Crippen molar-refractivity contribution >= 4 is 0 Å². The van der Waals surface area contributed by atoms with Gasteiger partial charge >= 0.3 is 0 Å². The number of rotatable bonds is 3. The van der Waals surface area contributed by atoms with Crippen LogP contribution in [0.5, 0.6) is 0 Å². The molecule has 1 aliphatic rings. The fourth-order valence-electron chi connectivity index (χ4n) is 2.61. The van der Waals surface area contributed by atoms with Crippen LogP contribution in [0.4, 0.5) is 0 Å². The smallest absolute Gasteiger partial charge is 0.104 e. The van der Waals surface area contributed by atoms with Gasteiger partial charge in [0.15, 0.2) is 0 Å². The molecule has 0 saturated heterocycles. The minimum Gasteiger partial charge on any atom is -0.384 e. The number of aliphatic hydroxyl groups excluding tert-OH is 1. The Bertz CT molecular complexity index is 456. The van der Waals surface area contributed by atoms with Gasteiger partial charge in [-0.1, -0.05) is 43.7 Å². The summed E-state index contributed by atoms with van der Waals surface area (Å²) >= 11 is 0. The lowest BCUT2D eigenvalue weighted by Crippen LogP contribution is -2.25. The molecule has 2 atom stereocenters. The van der Waals surface area contributed by atoms with Crippen LogP contribution in [0.2, 0.25) is 0 Å². The molecule has 1 aromatic carbocycles. The third-order valence-electron chi connectivity index (χ3n) is 3.74. The van der Waals surface area contributed by atoms with Crippen LogP contribution in [0.1, 0.15) is 43.7 Å². The second kappa shape index (κ2) is 7.33. The summed E-state index contributed by atoms with van der Waals surface area (Å²) in [6.07, 6.45) is 5.50. The van der Waals surface area contributed by atoms with E-state index < -0.39 is 0 Å². The van der Waals surface area contributed by atoms with Gasteiger partial charge in [-0.3, -0.25) is 0 Å². The molecule has 1 fully saturated rings. The van der Waals surface area contributed by atoms with Crippen LogP contribution >= 0.6 is 0 Å². The lowest BCUT2D eigenvalue weighted by molar-refractivity contribution is -0.0154. The normalized spacial score (nSPS) is 22.6. The maximum atomic E-state index is 8.70. The van der Waals surface area contributed by atoms with Crippen molar-refractivity contribution < 1.29 is 9.84 Å². The van der Waals surface area contributed by atoms with Gasteiger partial charge in [0.25, 0.3) is 0 Å². The summed E-state index contributed by atoms with van der Waals surface area (Å²) in [6, 6.07) is 8.05. The molecule has 2 nitrogen and oxygen atoms in total. The van der Waals surface area contributed by atoms with Gasteiger partial charge in [-0.05, 0) is 36.5 Å². The maximum Gasteiger partial charge on any atom is 0.104 e. The minimum absolute atomic E-state index is 0.0969. The molecule has 2 unspecified atom stereocenters. The second-order valence-corrected chi connectivity index (χ2v) is 5.27. The number of aliphatic hydroxyl groups is 1. The fourth-order valence-corrected chi connectivity index (χ4v) is 2.61. The largest absolute Gasteiger partial charge is 0.384 e. The summed E-state index contributed by atoms with van der Waals surface area (Å²) in [7, 11) is 0. The second-order valence-electron chi connectivity index (χ2n) is 5.27. The van der Waals surface area contributed by atoms with Crippen molar-refractivity contribution in [2.45, 2.75) is 45.3 Å². The first-order valence-corrected chi connectivity index (χ1v) is 7.10. The highest BCUT2D eigenvalue weighted by Crippen LogP contribution is 2.27. The first-order valence-electron chi connectivity index (χ1n) is 7.10. The monoisotopic (exact) mass is 258 g/mol. The average molecular weight is 258 g/mol. The van der Waals surface area contributed by atoms with Gasteiger partial charge in [-0.2, -0.15) is 0 Å². The van der Waals surface area contributed by atoms with Crippen molar-refractivity contribution in [1.29, 1.82) is 0 Å². The SMILES string of the molecule is CC1CCCCC1OCc1cccc(C#CCO)c1. The lowest BCUT2D eigenvalue weighted by Gasteiger charge is -2.28. The van der Waals surface area contributed by atoms with E-state index in [9.17, 15) is 0 Å². The summed E-state index contributed by atoms with van der Waals surface area (Å²) in [4.78, 5) is 0.